The third-order valence-corrected chi connectivity index (χ3v) is 3.42. The fraction of sp³-hybridized carbons (Fsp3) is 0.474. The van der Waals surface area contributed by atoms with Crippen LogP contribution in [-0.4, -0.2) is 81.5 Å². The Bertz CT molecular complexity index is 608. The number of ether oxygens (including phenoxy) is 1. The molecule has 1 unspecified atom stereocenters. The minimum absolute atomic E-state index is 0.208. The first kappa shape index (κ1) is 29.0. The Hall–Kier alpha value is -3.18. The molecule has 1 atom stereocenters. The summed E-state index contributed by atoms with van der Waals surface area (Å²) in [6, 6.07) is 8.45. The van der Waals surface area contributed by atoms with Crippen LogP contribution in [0.25, 0.3) is 0 Å². The first-order valence-electron chi connectivity index (χ1n) is 9.06. The van der Waals surface area contributed by atoms with E-state index in [4.69, 9.17) is 50.1 Å². The number of hydrogen-bond donors (Lipinski definition) is 5. The van der Waals surface area contributed by atoms with Crippen molar-refractivity contribution in [2.45, 2.75) is 33.2 Å². The summed E-state index contributed by atoms with van der Waals surface area (Å²) >= 11 is 0. The number of nitrogens with two attached hydrogens (primary N) is 1. The standard InChI is InChI=1S/C15H26N2O.2C2H2O4/c1-4-17(5-2)10-11-18-15-8-6-14(7-9-15)12-13(3)16;2*3-1(4)2(5)6/h6-9,13H,4-5,10-12,16H2,1-3H3;2*(H,3,4)(H,5,6). The molecule has 11 heteroatoms. The van der Waals surface area contributed by atoms with Crippen molar-refractivity contribution in [3.63, 3.8) is 0 Å². The SMILES string of the molecule is CCN(CC)CCOc1ccc(CC(C)N)cc1.O=C(O)C(=O)O.O=C(O)C(=O)O. The molecule has 0 radical (unpaired) electrons. The lowest BCUT2D eigenvalue weighted by atomic mass is 10.1. The average Bonchev–Trinajstić information content (AvgIpc) is 2.67. The molecule has 0 saturated heterocycles. The highest BCUT2D eigenvalue weighted by Gasteiger charge is 2.04. The minimum Gasteiger partial charge on any atom is -0.492 e. The molecule has 170 valence electrons. The van der Waals surface area contributed by atoms with Gasteiger partial charge < -0.3 is 35.8 Å². The molecule has 0 saturated carbocycles. The fourth-order valence-corrected chi connectivity index (χ4v) is 1.93. The molecule has 1 aromatic rings. The third-order valence-electron chi connectivity index (χ3n) is 3.42. The van der Waals surface area contributed by atoms with Crippen LogP contribution in [-0.2, 0) is 25.6 Å². The number of likely N-dealkylation sites (N-methyl/N-ethyl adjacent to an activating group) is 1. The molecule has 0 heterocycles. The van der Waals surface area contributed by atoms with Crippen molar-refractivity contribution in [3.05, 3.63) is 29.8 Å². The Labute approximate surface area is 174 Å². The molecular formula is C19H30N2O9. The quantitative estimate of drug-likeness (QED) is 0.363. The van der Waals surface area contributed by atoms with E-state index in [1.54, 1.807) is 0 Å². The van der Waals surface area contributed by atoms with Crippen molar-refractivity contribution >= 4 is 23.9 Å². The lowest BCUT2D eigenvalue weighted by molar-refractivity contribution is -0.159. The topological polar surface area (TPSA) is 188 Å². The number of hydrogen-bond acceptors (Lipinski definition) is 7. The van der Waals surface area contributed by atoms with Gasteiger partial charge in [0.25, 0.3) is 0 Å². The largest absolute Gasteiger partial charge is 0.492 e. The predicted octanol–water partition coefficient (Wildman–Crippen LogP) is 0.608. The number of nitrogens with zero attached hydrogens (tertiary/aromatic N) is 1. The molecule has 0 amide bonds. The van der Waals surface area contributed by atoms with Gasteiger partial charge in [0.05, 0.1) is 0 Å². The predicted molar refractivity (Wildman–Crippen MR) is 108 cm³/mol. The van der Waals surface area contributed by atoms with E-state index in [0.717, 1.165) is 38.4 Å². The summed E-state index contributed by atoms with van der Waals surface area (Å²) in [5, 5.41) is 29.6. The van der Waals surface area contributed by atoms with Gasteiger partial charge in [-0.1, -0.05) is 26.0 Å². The number of carboxylic acids is 4. The van der Waals surface area contributed by atoms with Crippen LogP contribution in [0.5, 0.6) is 5.75 Å². The maximum Gasteiger partial charge on any atom is 0.414 e. The van der Waals surface area contributed by atoms with Crippen LogP contribution in [0.4, 0.5) is 0 Å². The van der Waals surface area contributed by atoms with E-state index >= 15 is 0 Å². The molecule has 0 aliphatic rings. The first-order valence-corrected chi connectivity index (χ1v) is 9.06. The second-order valence-corrected chi connectivity index (χ2v) is 5.92. The monoisotopic (exact) mass is 430 g/mol. The van der Waals surface area contributed by atoms with E-state index in [1.165, 1.54) is 5.56 Å². The molecular weight excluding hydrogens is 400 g/mol. The Kier molecular flexibility index (Phi) is 16.2. The van der Waals surface area contributed by atoms with E-state index in [0.29, 0.717) is 0 Å². The molecule has 0 bridgehead atoms. The minimum atomic E-state index is -1.82. The van der Waals surface area contributed by atoms with Gasteiger partial charge in [-0.2, -0.15) is 0 Å². The molecule has 1 aromatic carbocycles. The normalized spacial score (nSPS) is 10.6. The molecule has 30 heavy (non-hydrogen) atoms. The van der Waals surface area contributed by atoms with Crippen molar-refractivity contribution in [1.29, 1.82) is 0 Å². The summed E-state index contributed by atoms with van der Waals surface area (Å²) in [5.41, 5.74) is 7.03. The van der Waals surface area contributed by atoms with Gasteiger partial charge in [0, 0.05) is 12.6 Å². The maximum atomic E-state index is 9.10. The van der Waals surface area contributed by atoms with Crippen molar-refractivity contribution < 1.29 is 44.3 Å². The number of rotatable bonds is 8. The Morgan fingerprint density at radius 3 is 1.60 bits per heavy atom. The summed E-state index contributed by atoms with van der Waals surface area (Å²) < 4.78 is 5.73. The highest BCUT2D eigenvalue weighted by atomic mass is 16.5. The molecule has 0 fully saturated rings. The number of benzene rings is 1. The van der Waals surface area contributed by atoms with Gasteiger partial charge in [0.15, 0.2) is 0 Å². The van der Waals surface area contributed by atoms with Crippen molar-refractivity contribution in [1.82, 2.24) is 4.90 Å². The van der Waals surface area contributed by atoms with E-state index < -0.39 is 23.9 Å². The van der Waals surface area contributed by atoms with Crippen molar-refractivity contribution in [2.24, 2.45) is 5.73 Å². The summed E-state index contributed by atoms with van der Waals surface area (Å²) in [4.78, 5) is 38.7. The number of carbonyl (C=O) groups is 4. The average molecular weight is 430 g/mol. The van der Waals surface area contributed by atoms with Gasteiger partial charge >= 0.3 is 23.9 Å². The highest BCUT2D eigenvalue weighted by Crippen LogP contribution is 2.13. The van der Waals surface area contributed by atoms with Crippen LogP contribution in [0, 0.1) is 0 Å². The number of aliphatic carboxylic acids is 4. The zero-order chi connectivity index (χ0) is 23.7. The van der Waals surface area contributed by atoms with Crippen LogP contribution in [0.2, 0.25) is 0 Å². The molecule has 0 aliphatic carbocycles. The second-order valence-electron chi connectivity index (χ2n) is 5.92. The second kappa shape index (κ2) is 16.7. The van der Waals surface area contributed by atoms with Crippen molar-refractivity contribution in [2.75, 3.05) is 26.2 Å². The smallest absolute Gasteiger partial charge is 0.414 e. The van der Waals surface area contributed by atoms with Gasteiger partial charge in [-0.25, -0.2) is 19.2 Å². The van der Waals surface area contributed by atoms with Crippen LogP contribution in [0.1, 0.15) is 26.3 Å². The van der Waals surface area contributed by atoms with E-state index in [2.05, 4.69) is 30.9 Å². The molecule has 0 spiro atoms. The zero-order valence-electron chi connectivity index (χ0n) is 17.3. The van der Waals surface area contributed by atoms with Gasteiger partial charge in [-0.05, 0) is 44.1 Å². The summed E-state index contributed by atoms with van der Waals surface area (Å²) in [7, 11) is 0. The molecule has 11 nitrogen and oxygen atoms in total. The van der Waals surface area contributed by atoms with E-state index in [-0.39, 0.29) is 6.04 Å². The first-order chi connectivity index (χ1) is 13.9. The summed E-state index contributed by atoms with van der Waals surface area (Å²) in [6.45, 7) is 10.2. The van der Waals surface area contributed by atoms with Crippen LogP contribution in [0.15, 0.2) is 24.3 Å². The Morgan fingerprint density at radius 2 is 1.30 bits per heavy atom. The van der Waals surface area contributed by atoms with E-state index in [1.807, 2.05) is 19.1 Å². The highest BCUT2D eigenvalue weighted by molar-refractivity contribution is 6.27. The fourth-order valence-electron chi connectivity index (χ4n) is 1.93. The summed E-state index contributed by atoms with van der Waals surface area (Å²) in [6.07, 6.45) is 0.916. The molecule has 0 aromatic heterocycles. The van der Waals surface area contributed by atoms with Crippen molar-refractivity contribution in [3.8, 4) is 5.75 Å². The van der Waals surface area contributed by atoms with Gasteiger partial charge in [-0.15, -0.1) is 0 Å². The summed E-state index contributed by atoms with van der Waals surface area (Å²) in [5.74, 6) is -6.36. The number of carboxylic acid groups (broad SMARTS) is 4. The maximum absolute atomic E-state index is 9.10. The van der Waals surface area contributed by atoms with Crippen LogP contribution >= 0.6 is 0 Å². The van der Waals surface area contributed by atoms with Gasteiger partial charge in [-0.3, -0.25) is 0 Å². The molecule has 0 aliphatic heterocycles. The molecule has 6 N–H and O–H groups in total. The lowest BCUT2D eigenvalue weighted by Crippen LogP contribution is -2.27. The third kappa shape index (κ3) is 17.0. The zero-order valence-corrected chi connectivity index (χ0v) is 17.3. The lowest BCUT2D eigenvalue weighted by Gasteiger charge is -2.18. The van der Waals surface area contributed by atoms with Gasteiger partial charge in [0.1, 0.15) is 12.4 Å². The molecule has 1 rings (SSSR count). The van der Waals surface area contributed by atoms with Crippen LogP contribution < -0.4 is 10.5 Å². The van der Waals surface area contributed by atoms with Gasteiger partial charge in [0.2, 0.25) is 0 Å². The van der Waals surface area contributed by atoms with Crippen LogP contribution in [0.3, 0.4) is 0 Å². The Balaban J connectivity index is 0. The van der Waals surface area contributed by atoms with E-state index in [9.17, 15) is 0 Å². The Morgan fingerprint density at radius 1 is 0.900 bits per heavy atom.